The van der Waals surface area contributed by atoms with E-state index in [0.29, 0.717) is 0 Å². The first-order valence-corrected chi connectivity index (χ1v) is 6.86. The monoisotopic (exact) mass is 260 g/mol. The number of ether oxygens (including phenoxy) is 1. The van der Waals surface area contributed by atoms with Crippen LogP contribution in [0.3, 0.4) is 0 Å². The van der Waals surface area contributed by atoms with Crippen molar-refractivity contribution in [2.75, 3.05) is 26.7 Å². The molecule has 0 saturated carbocycles. The van der Waals surface area contributed by atoms with E-state index >= 15 is 0 Å². The summed E-state index contributed by atoms with van der Waals surface area (Å²) in [6.07, 6.45) is 1.92. The predicted molar refractivity (Wildman–Crippen MR) is 72.7 cm³/mol. The first-order chi connectivity index (χ1) is 9.20. The van der Waals surface area contributed by atoms with Gasteiger partial charge < -0.3 is 15.0 Å². The quantitative estimate of drug-likeness (QED) is 0.828. The van der Waals surface area contributed by atoms with Crippen molar-refractivity contribution in [1.82, 2.24) is 10.2 Å². The Labute approximate surface area is 113 Å². The van der Waals surface area contributed by atoms with Gasteiger partial charge in [-0.1, -0.05) is 30.3 Å². The Morgan fingerprint density at radius 3 is 2.63 bits per heavy atom. The van der Waals surface area contributed by atoms with Crippen molar-refractivity contribution in [2.45, 2.75) is 24.5 Å². The van der Waals surface area contributed by atoms with Gasteiger partial charge in [-0.25, -0.2) is 0 Å². The molecule has 1 amide bonds. The van der Waals surface area contributed by atoms with Gasteiger partial charge in [0.2, 0.25) is 5.91 Å². The van der Waals surface area contributed by atoms with Crippen LogP contribution in [-0.2, 0) is 9.53 Å². The molecule has 4 heteroatoms. The standard InChI is InChI=1S/C15H20N2O2/c1-17-9-7-15(8-10-17)14(16-13(18)11-19-15)12-5-3-2-4-6-12/h2-6,14H,7-11H2,1H3,(H,16,18). The molecule has 102 valence electrons. The normalized spacial score (nSPS) is 27.2. The van der Waals surface area contributed by atoms with Gasteiger partial charge in [0, 0.05) is 13.1 Å². The molecule has 2 heterocycles. The fourth-order valence-corrected chi connectivity index (χ4v) is 3.09. The summed E-state index contributed by atoms with van der Waals surface area (Å²) in [6, 6.07) is 10.1. The average molecular weight is 260 g/mol. The summed E-state index contributed by atoms with van der Waals surface area (Å²) < 4.78 is 6.00. The van der Waals surface area contributed by atoms with E-state index in [-0.39, 0.29) is 24.2 Å². The van der Waals surface area contributed by atoms with Crippen molar-refractivity contribution in [3.8, 4) is 0 Å². The molecule has 1 N–H and O–H groups in total. The lowest BCUT2D eigenvalue weighted by Crippen LogP contribution is -2.58. The highest BCUT2D eigenvalue weighted by Crippen LogP contribution is 2.39. The maximum atomic E-state index is 11.7. The highest BCUT2D eigenvalue weighted by Gasteiger charge is 2.46. The van der Waals surface area contributed by atoms with E-state index in [4.69, 9.17) is 4.74 Å². The van der Waals surface area contributed by atoms with Gasteiger partial charge in [0.25, 0.3) is 0 Å². The second kappa shape index (κ2) is 4.94. The maximum absolute atomic E-state index is 11.7. The molecule has 19 heavy (non-hydrogen) atoms. The summed E-state index contributed by atoms with van der Waals surface area (Å²) in [6.45, 7) is 2.21. The summed E-state index contributed by atoms with van der Waals surface area (Å²) in [5, 5.41) is 3.13. The Balaban J connectivity index is 1.90. The topological polar surface area (TPSA) is 41.6 Å². The molecule has 1 aromatic rings. The molecule has 1 atom stereocenters. The maximum Gasteiger partial charge on any atom is 0.246 e. The van der Waals surface area contributed by atoms with Gasteiger partial charge in [0.05, 0.1) is 11.6 Å². The number of carbonyl (C=O) groups is 1. The van der Waals surface area contributed by atoms with Crippen LogP contribution in [0.4, 0.5) is 0 Å². The fourth-order valence-electron chi connectivity index (χ4n) is 3.09. The van der Waals surface area contributed by atoms with E-state index in [0.717, 1.165) is 31.5 Å². The van der Waals surface area contributed by atoms with Crippen LogP contribution in [0.2, 0.25) is 0 Å². The number of carbonyl (C=O) groups excluding carboxylic acids is 1. The van der Waals surface area contributed by atoms with Crippen LogP contribution in [-0.4, -0.2) is 43.2 Å². The van der Waals surface area contributed by atoms with Gasteiger partial charge in [-0.3, -0.25) is 4.79 Å². The molecular weight excluding hydrogens is 240 g/mol. The number of morpholine rings is 1. The van der Waals surface area contributed by atoms with Gasteiger partial charge in [-0.05, 0) is 25.5 Å². The Morgan fingerprint density at radius 2 is 1.95 bits per heavy atom. The van der Waals surface area contributed by atoms with Crippen LogP contribution in [0.5, 0.6) is 0 Å². The lowest BCUT2D eigenvalue weighted by molar-refractivity contribution is -0.161. The second-order valence-electron chi connectivity index (χ2n) is 5.57. The molecule has 2 fully saturated rings. The number of nitrogens with zero attached hydrogens (tertiary/aromatic N) is 1. The van der Waals surface area contributed by atoms with Crippen molar-refractivity contribution >= 4 is 5.91 Å². The molecule has 0 aromatic heterocycles. The zero-order chi connectivity index (χ0) is 13.3. The summed E-state index contributed by atoms with van der Waals surface area (Å²) in [5.74, 6) is -0.0154. The van der Waals surface area contributed by atoms with E-state index in [2.05, 4.69) is 29.4 Å². The summed E-state index contributed by atoms with van der Waals surface area (Å²) in [5.41, 5.74) is 0.905. The number of hydrogen-bond acceptors (Lipinski definition) is 3. The van der Waals surface area contributed by atoms with Gasteiger partial charge in [-0.2, -0.15) is 0 Å². The molecule has 0 bridgehead atoms. The van der Waals surface area contributed by atoms with Gasteiger partial charge in [0.1, 0.15) is 6.61 Å². The minimum atomic E-state index is -0.234. The molecule has 1 unspecified atom stereocenters. The zero-order valence-electron chi connectivity index (χ0n) is 11.3. The molecule has 2 aliphatic rings. The Morgan fingerprint density at radius 1 is 1.26 bits per heavy atom. The fraction of sp³-hybridized carbons (Fsp3) is 0.533. The smallest absolute Gasteiger partial charge is 0.246 e. The number of rotatable bonds is 1. The third-order valence-electron chi connectivity index (χ3n) is 4.29. The minimum absolute atomic E-state index is 0.0154. The molecular formula is C15H20N2O2. The Hall–Kier alpha value is -1.39. The Kier molecular flexibility index (Phi) is 3.29. The first-order valence-electron chi connectivity index (χ1n) is 6.86. The SMILES string of the molecule is CN1CCC2(CC1)OCC(=O)NC2c1ccccc1. The van der Waals surface area contributed by atoms with Crippen LogP contribution in [0.15, 0.2) is 30.3 Å². The average Bonchev–Trinajstić information content (AvgIpc) is 2.46. The molecule has 2 aliphatic heterocycles. The molecule has 4 nitrogen and oxygen atoms in total. The lowest BCUT2D eigenvalue weighted by Gasteiger charge is -2.48. The zero-order valence-corrected chi connectivity index (χ0v) is 11.3. The first kappa shape index (κ1) is 12.6. The number of nitrogens with one attached hydrogen (secondary N) is 1. The van der Waals surface area contributed by atoms with Crippen LogP contribution in [0.1, 0.15) is 24.4 Å². The van der Waals surface area contributed by atoms with E-state index in [1.54, 1.807) is 0 Å². The Bertz CT molecular complexity index is 452. The highest BCUT2D eigenvalue weighted by molar-refractivity contribution is 5.78. The number of benzene rings is 1. The van der Waals surface area contributed by atoms with Crippen LogP contribution < -0.4 is 5.32 Å². The minimum Gasteiger partial charge on any atom is -0.363 e. The highest BCUT2D eigenvalue weighted by atomic mass is 16.5. The van der Waals surface area contributed by atoms with Crippen molar-refractivity contribution in [3.05, 3.63) is 35.9 Å². The van der Waals surface area contributed by atoms with E-state index < -0.39 is 0 Å². The molecule has 1 aromatic carbocycles. The van der Waals surface area contributed by atoms with Crippen molar-refractivity contribution in [3.63, 3.8) is 0 Å². The molecule has 2 saturated heterocycles. The lowest BCUT2D eigenvalue weighted by atomic mass is 9.79. The van der Waals surface area contributed by atoms with Gasteiger partial charge in [0.15, 0.2) is 0 Å². The van der Waals surface area contributed by atoms with Crippen molar-refractivity contribution < 1.29 is 9.53 Å². The number of piperidine rings is 1. The van der Waals surface area contributed by atoms with Crippen molar-refractivity contribution in [1.29, 1.82) is 0 Å². The number of likely N-dealkylation sites (tertiary alicyclic amines) is 1. The molecule has 0 radical (unpaired) electrons. The summed E-state index contributed by atoms with van der Waals surface area (Å²) in [4.78, 5) is 14.0. The predicted octanol–water partition coefficient (Wildman–Crippen LogP) is 1.34. The van der Waals surface area contributed by atoms with Crippen LogP contribution in [0.25, 0.3) is 0 Å². The molecule has 0 aliphatic carbocycles. The number of amides is 1. The van der Waals surface area contributed by atoms with Gasteiger partial charge in [-0.15, -0.1) is 0 Å². The number of hydrogen-bond donors (Lipinski definition) is 1. The molecule has 3 rings (SSSR count). The summed E-state index contributed by atoms with van der Waals surface area (Å²) >= 11 is 0. The van der Waals surface area contributed by atoms with Crippen LogP contribution >= 0.6 is 0 Å². The van der Waals surface area contributed by atoms with E-state index in [1.165, 1.54) is 0 Å². The van der Waals surface area contributed by atoms with Gasteiger partial charge >= 0.3 is 0 Å². The molecule has 1 spiro atoms. The van der Waals surface area contributed by atoms with Crippen LogP contribution in [0, 0.1) is 0 Å². The third kappa shape index (κ3) is 2.38. The van der Waals surface area contributed by atoms with E-state index in [9.17, 15) is 4.79 Å². The van der Waals surface area contributed by atoms with E-state index in [1.807, 2.05) is 18.2 Å². The second-order valence-corrected chi connectivity index (χ2v) is 5.57. The van der Waals surface area contributed by atoms with Crippen molar-refractivity contribution in [2.24, 2.45) is 0 Å². The third-order valence-corrected chi connectivity index (χ3v) is 4.29. The summed E-state index contributed by atoms with van der Waals surface area (Å²) in [7, 11) is 2.13. The largest absolute Gasteiger partial charge is 0.363 e.